The fraction of sp³-hybridized carbons (Fsp3) is 0.538. The molecule has 3 N–H and O–H groups in total. The minimum Gasteiger partial charge on any atom is -0.399 e. The normalized spacial score (nSPS) is 24.8. The number of hydrogen-bond donors (Lipinski definition) is 2. The maximum absolute atomic E-state index is 12.6. The van der Waals surface area contributed by atoms with Gasteiger partial charge < -0.3 is 10.8 Å². The number of anilines is 1. The average molecular weight is 284 g/mol. The van der Waals surface area contributed by atoms with Gasteiger partial charge in [-0.1, -0.05) is 0 Å². The number of rotatable bonds is 2. The van der Waals surface area contributed by atoms with E-state index in [1.165, 1.54) is 10.4 Å². The molecule has 6 heteroatoms. The van der Waals surface area contributed by atoms with Crippen LogP contribution in [0.25, 0.3) is 0 Å². The van der Waals surface area contributed by atoms with Crippen molar-refractivity contribution in [1.29, 1.82) is 0 Å². The fourth-order valence-corrected chi connectivity index (χ4v) is 4.26. The second-order valence-corrected chi connectivity index (χ2v) is 7.45. The summed E-state index contributed by atoms with van der Waals surface area (Å²) in [4.78, 5) is 0.239. The molecular formula is C13H20N2O3S. The molecule has 1 saturated heterocycles. The molecule has 0 radical (unpaired) electrons. The highest BCUT2D eigenvalue weighted by molar-refractivity contribution is 7.89. The minimum atomic E-state index is -3.59. The van der Waals surface area contributed by atoms with Crippen LogP contribution in [-0.4, -0.2) is 36.5 Å². The quantitative estimate of drug-likeness (QED) is 0.795. The van der Waals surface area contributed by atoms with Crippen molar-refractivity contribution in [3.05, 3.63) is 23.3 Å². The lowest BCUT2D eigenvalue weighted by atomic mass is 10.1. The average Bonchev–Trinajstić information content (AvgIpc) is 2.64. The summed E-state index contributed by atoms with van der Waals surface area (Å²) in [5, 5.41) is 9.92. The third-order valence-electron chi connectivity index (χ3n) is 3.68. The highest BCUT2D eigenvalue weighted by atomic mass is 32.2. The zero-order chi connectivity index (χ0) is 14.4. The van der Waals surface area contributed by atoms with Crippen molar-refractivity contribution >= 4 is 15.7 Å². The molecule has 0 aliphatic carbocycles. The maximum Gasteiger partial charge on any atom is 0.243 e. The molecule has 0 amide bonds. The molecule has 0 bridgehead atoms. The lowest BCUT2D eigenvalue weighted by Gasteiger charge is -2.20. The van der Waals surface area contributed by atoms with Crippen LogP contribution >= 0.6 is 0 Å². The van der Waals surface area contributed by atoms with E-state index in [4.69, 9.17) is 5.73 Å². The van der Waals surface area contributed by atoms with E-state index in [1.54, 1.807) is 19.9 Å². The number of nitrogens with two attached hydrogens (primary N) is 1. The number of sulfonamides is 1. The summed E-state index contributed by atoms with van der Waals surface area (Å²) in [5.41, 5.74) is 6.79. The number of β-amino-alcohol motifs (C(OH)–C–C–N with tert-alkyl or cyclic N) is 1. The smallest absolute Gasteiger partial charge is 0.243 e. The molecular weight excluding hydrogens is 264 g/mol. The van der Waals surface area contributed by atoms with Crippen LogP contribution in [0.1, 0.15) is 24.5 Å². The van der Waals surface area contributed by atoms with Gasteiger partial charge in [0.2, 0.25) is 10.0 Å². The van der Waals surface area contributed by atoms with Crippen molar-refractivity contribution < 1.29 is 13.5 Å². The van der Waals surface area contributed by atoms with Crippen LogP contribution in [0, 0.1) is 13.8 Å². The number of benzene rings is 1. The predicted octanol–water partition coefficient (Wildman–Crippen LogP) is 1.03. The van der Waals surface area contributed by atoms with Crippen molar-refractivity contribution in [1.82, 2.24) is 4.31 Å². The van der Waals surface area contributed by atoms with Gasteiger partial charge in [0.05, 0.1) is 10.5 Å². The van der Waals surface area contributed by atoms with E-state index in [0.717, 1.165) is 5.56 Å². The topological polar surface area (TPSA) is 83.6 Å². The molecule has 106 valence electrons. The van der Waals surface area contributed by atoms with Crippen LogP contribution in [0.15, 0.2) is 17.0 Å². The van der Waals surface area contributed by atoms with E-state index in [-0.39, 0.29) is 11.4 Å². The van der Waals surface area contributed by atoms with Crippen LogP contribution < -0.4 is 5.73 Å². The lowest BCUT2D eigenvalue weighted by Crippen LogP contribution is -2.34. The zero-order valence-electron chi connectivity index (χ0n) is 11.5. The van der Waals surface area contributed by atoms with Crippen molar-refractivity contribution in [2.75, 3.05) is 18.8 Å². The van der Waals surface area contributed by atoms with E-state index in [9.17, 15) is 13.5 Å². The molecule has 5 nitrogen and oxygen atoms in total. The van der Waals surface area contributed by atoms with Crippen molar-refractivity contribution in [2.24, 2.45) is 0 Å². The molecule has 0 saturated carbocycles. The SMILES string of the molecule is Cc1cc(N)cc(S(=O)(=O)N2CCC(C)(O)C2)c1C. The molecule has 1 unspecified atom stereocenters. The van der Waals surface area contributed by atoms with Gasteiger partial charge >= 0.3 is 0 Å². The number of aryl methyl sites for hydroxylation is 1. The van der Waals surface area contributed by atoms with E-state index < -0.39 is 15.6 Å². The lowest BCUT2D eigenvalue weighted by molar-refractivity contribution is 0.0762. The standard InChI is InChI=1S/C13H20N2O3S/c1-9-6-11(14)7-12(10(9)2)19(17,18)15-5-4-13(3,16)8-15/h6-7,16H,4-5,8,14H2,1-3H3. The number of hydrogen-bond acceptors (Lipinski definition) is 4. The second kappa shape index (κ2) is 4.47. The largest absolute Gasteiger partial charge is 0.399 e. The molecule has 1 aliphatic heterocycles. The highest BCUT2D eigenvalue weighted by Crippen LogP contribution is 2.30. The molecule has 1 heterocycles. The van der Waals surface area contributed by atoms with Gasteiger partial charge in [-0.05, 0) is 50.5 Å². The predicted molar refractivity (Wildman–Crippen MR) is 74.3 cm³/mol. The molecule has 1 aromatic rings. The Kier molecular flexibility index (Phi) is 3.36. The van der Waals surface area contributed by atoms with Gasteiger partial charge in [0.25, 0.3) is 0 Å². The molecule has 19 heavy (non-hydrogen) atoms. The maximum atomic E-state index is 12.6. The second-order valence-electron chi connectivity index (χ2n) is 5.55. The Bertz CT molecular complexity index is 609. The number of aliphatic hydroxyl groups is 1. The Hall–Kier alpha value is -1.11. The summed E-state index contributed by atoms with van der Waals surface area (Å²) >= 11 is 0. The third kappa shape index (κ3) is 2.61. The first-order valence-corrected chi connectivity index (χ1v) is 7.67. The van der Waals surface area contributed by atoms with Crippen LogP contribution in [0.5, 0.6) is 0 Å². The first kappa shape index (κ1) is 14.3. The molecule has 2 rings (SSSR count). The number of nitrogens with zero attached hydrogens (tertiary/aromatic N) is 1. The van der Waals surface area contributed by atoms with Gasteiger partial charge in [-0.2, -0.15) is 4.31 Å². The van der Waals surface area contributed by atoms with Crippen molar-refractivity contribution in [2.45, 2.75) is 37.7 Å². The monoisotopic (exact) mass is 284 g/mol. The Morgan fingerprint density at radius 1 is 1.37 bits per heavy atom. The van der Waals surface area contributed by atoms with Crippen LogP contribution in [0.4, 0.5) is 5.69 Å². The fourth-order valence-electron chi connectivity index (χ4n) is 2.37. The third-order valence-corrected chi connectivity index (χ3v) is 5.65. The van der Waals surface area contributed by atoms with Gasteiger partial charge in [0.15, 0.2) is 0 Å². The molecule has 1 atom stereocenters. The molecule has 1 aliphatic rings. The Morgan fingerprint density at radius 2 is 2.00 bits per heavy atom. The summed E-state index contributed by atoms with van der Waals surface area (Å²) in [6, 6.07) is 3.25. The molecule has 0 aromatic heterocycles. The summed E-state index contributed by atoms with van der Waals surface area (Å²) in [6.45, 7) is 5.73. The van der Waals surface area contributed by atoms with Crippen LogP contribution in [-0.2, 0) is 10.0 Å². The first-order valence-electron chi connectivity index (χ1n) is 6.23. The molecule has 1 aromatic carbocycles. The highest BCUT2D eigenvalue weighted by Gasteiger charge is 2.39. The van der Waals surface area contributed by atoms with Gasteiger partial charge in [-0.25, -0.2) is 8.42 Å². The van der Waals surface area contributed by atoms with Crippen LogP contribution in [0.3, 0.4) is 0 Å². The molecule has 1 fully saturated rings. The Morgan fingerprint density at radius 3 is 2.53 bits per heavy atom. The van der Waals surface area contributed by atoms with Crippen molar-refractivity contribution in [3.63, 3.8) is 0 Å². The van der Waals surface area contributed by atoms with Gasteiger partial charge in [0, 0.05) is 18.8 Å². The zero-order valence-corrected chi connectivity index (χ0v) is 12.3. The van der Waals surface area contributed by atoms with Gasteiger partial charge in [-0.15, -0.1) is 0 Å². The van der Waals surface area contributed by atoms with Gasteiger partial charge in [0.1, 0.15) is 0 Å². The Labute approximate surface area is 114 Å². The van der Waals surface area contributed by atoms with E-state index in [0.29, 0.717) is 24.2 Å². The number of nitrogen functional groups attached to an aromatic ring is 1. The minimum absolute atomic E-state index is 0.128. The summed E-state index contributed by atoms with van der Waals surface area (Å²) in [5.74, 6) is 0. The van der Waals surface area contributed by atoms with E-state index in [2.05, 4.69) is 0 Å². The van der Waals surface area contributed by atoms with E-state index >= 15 is 0 Å². The van der Waals surface area contributed by atoms with Crippen LogP contribution in [0.2, 0.25) is 0 Å². The first-order chi connectivity index (χ1) is 8.63. The molecule has 0 spiro atoms. The Balaban J connectivity index is 2.47. The summed E-state index contributed by atoms with van der Waals surface area (Å²) in [7, 11) is -3.59. The van der Waals surface area contributed by atoms with Crippen molar-refractivity contribution in [3.8, 4) is 0 Å². The van der Waals surface area contributed by atoms with E-state index in [1.807, 2.05) is 6.92 Å². The summed E-state index contributed by atoms with van der Waals surface area (Å²) < 4.78 is 26.5. The summed E-state index contributed by atoms with van der Waals surface area (Å²) in [6.07, 6.45) is 0.451. The van der Waals surface area contributed by atoms with Gasteiger partial charge in [-0.3, -0.25) is 0 Å².